The fourth-order valence-corrected chi connectivity index (χ4v) is 0.385. The Bertz CT molecular complexity index is 111. The summed E-state index contributed by atoms with van der Waals surface area (Å²) in [5.41, 5.74) is 0. The summed E-state index contributed by atoms with van der Waals surface area (Å²) in [7, 11) is 1.00. The highest BCUT2D eigenvalue weighted by molar-refractivity contribution is 5.44. The number of rotatable bonds is 0. The number of aliphatic hydroxyl groups is 1. The van der Waals surface area contributed by atoms with Gasteiger partial charge in [0.15, 0.2) is 0 Å². The van der Waals surface area contributed by atoms with Gasteiger partial charge < -0.3 is 9.90 Å². The monoisotopic (exact) mass is 184 g/mol. The topological polar surface area (TPSA) is 37.3 Å². The molecule has 13 heavy (non-hydrogen) atoms. The lowest BCUT2D eigenvalue weighted by Crippen LogP contribution is -1.47. The summed E-state index contributed by atoms with van der Waals surface area (Å²) in [6, 6.07) is 12.0. The lowest BCUT2D eigenvalue weighted by atomic mass is 10.4. The molecule has 0 spiro atoms. The summed E-state index contributed by atoms with van der Waals surface area (Å²) in [5, 5.41) is 7.00. The van der Waals surface area contributed by atoms with E-state index >= 15 is 0 Å². The van der Waals surface area contributed by atoms with Crippen LogP contribution in [0, 0.1) is 0 Å². The van der Waals surface area contributed by atoms with Crippen LogP contribution < -0.4 is 0 Å². The van der Waals surface area contributed by atoms with Crippen molar-refractivity contribution in [3.8, 4) is 0 Å². The standard InChI is InChI=1S/C6H6.C2H4O.C2H6.CH4O/c1-2-4-6-5-3-1;1-2-3;2*1-2/h1-6H;2H,1H3;1-2H3;2H,1H3. The molecule has 0 aliphatic carbocycles. The van der Waals surface area contributed by atoms with Crippen LogP contribution in [0.15, 0.2) is 36.4 Å². The van der Waals surface area contributed by atoms with Crippen LogP contribution in [0.4, 0.5) is 0 Å². The lowest BCUT2D eigenvalue weighted by Gasteiger charge is -1.69. The molecule has 2 nitrogen and oxygen atoms in total. The molecule has 0 aliphatic heterocycles. The van der Waals surface area contributed by atoms with Gasteiger partial charge >= 0.3 is 0 Å². The molecule has 76 valence electrons. The van der Waals surface area contributed by atoms with Crippen molar-refractivity contribution in [2.24, 2.45) is 0 Å². The first-order valence-electron chi connectivity index (χ1n) is 4.26. The summed E-state index contributed by atoms with van der Waals surface area (Å²) in [6.07, 6.45) is 0.750. The largest absolute Gasteiger partial charge is 0.400 e. The maximum Gasteiger partial charge on any atom is 0.116 e. The molecule has 0 heterocycles. The van der Waals surface area contributed by atoms with Gasteiger partial charge in [0, 0.05) is 7.11 Å². The van der Waals surface area contributed by atoms with E-state index in [9.17, 15) is 0 Å². The highest BCUT2D eigenvalue weighted by atomic mass is 16.2. The van der Waals surface area contributed by atoms with Gasteiger partial charge in [-0.15, -0.1) is 0 Å². The summed E-state index contributed by atoms with van der Waals surface area (Å²) in [6.45, 7) is 5.44. The van der Waals surface area contributed by atoms with Crippen LogP contribution in [0.5, 0.6) is 0 Å². The third-order valence-corrected chi connectivity index (χ3v) is 0.667. The van der Waals surface area contributed by atoms with E-state index in [1.54, 1.807) is 0 Å². The number of carbonyl (C=O) groups is 1. The zero-order chi connectivity index (χ0) is 10.9. The molecule has 1 N–H and O–H groups in total. The van der Waals surface area contributed by atoms with Gasteiger partial charge in [0.1, 0.15) is 6.29 Å². The normalized spacial score (nSPS) is 5.62. The van der Waals surface area contributed by atoms with Crippen molar-refractivity contribution in [2.45, 2.75) is 20.8 Å². The summed E-state index contributed by atoms with van der Waals surface area (Å²) < 4.78 is 0. The van der Waals surface area contributed by atoms with Gasteiger partial charge in [-0.2, -0.15) is 0 Å². The van der Waals surface area contributed by atoms with Gasteiger partial charge in [-0.1, -0.05) is 50.2 Å². The van der Waals surface area contributed by atoms with Gasteiger partial charge in [0.25, 0.3) is 0 Å². The minimum Gasteiger partial charge on any atom is -0.400 e. The first kappa shape index (κ1) is 17.8. The maximum absolute atomic E-state index is 8.81. The van der Waals surface area contributed by atoms with E-state index in [2.05, 4.69) is 0 Å². The molecule has 0 aliphatic rings. The highest BCUT2D eigenvalue weighted by Gasteiger charge is 1.57. The predicted octanol–water partition coefficient (Wildman–Crippen LogP) is 2.53. The van der Waals surface area contributed by atoms with Crippen molar-refractivity contribution in [2.75, 3.05) is 7.11 Å². The minimum atomic E-state index is 0.750. The smallest absolute Gasteiger partial charge is 0.116 e. The number of aliphatic hydroxyl groups excluding tert-OH is 1. The molecule has 0 saturated heterocycles. The Morgan fingerprint density at radius 2 is 0.923 bits per heavy atom. The molecule has 0 fully saturated rings. The lowest BCUT2D eigenvalue weighted by molar-refractivity contribution is -0.106. The van der Waals surface area contributed by atoms with Gasteiger partial charge in [0.2, 0.25) is 0 Å². The van der Waals surface area contributed by atoms with E-state index in [1.165, 1.54) is 6.92 Å². The fourth-order valence-electron chi connectivity index (χ4n) is 0.385. The predicted molar refractivity (Wildman–Crippen MR) is 57.7 cm³/mol. The SMILES string of the molecule is CC.CC=O.CO.c1ccccc1. The Morgan fingerprint density at radius 3 is 1.00 bits per heavy atom. The van der Waals surface area contributed by atoms with Crippen molar-refractivity contribution in [3.63, 3.8) is 0 Å². The number of hydrogen-bond donors (Lipinski definition) is 1. The molecular formula is C11H20O2. The number of aldehydes is 1. The average Bonchev–Trinajstić information content (AvgIpc) is 2.27. The third kappa shape index (κ3) is 36.1. The molecule has 0 bridgehead atoms. The van der Waals surface area contributed by atoms with Crippen molar-refractivity contribution in [1.29, 1.82) is 0 Å². The Balaban J connectivity index is -0.000000124. The van der Waals surface area contributed by atoms with Gasteiger partial charge in [-0.3, -0.25) is 0 Å². The molecule has 1 aromatic rings. The van der Waals surface area contributed by atoms with Crippen LogP contribution >= 0.6 is 0 Å². The van der Waals surface area contributed by atoms with Crippen LogP contribution in [-0.2, 0) is 4.79 Å². The van der Waals surface area contributed by atoms with E-state index < -0.39 is 0 Å². The molecule has 0 atom stereocenters. The molecule has 0 radical (unpaired) electrons. The van der Waals surface area contributed by atoms with E-state index in [0.717, 1.165) is 13.4 Å². The number of carbonyl (C=O) groups excluding carboxylic acids is 1. The fraction of sp³-hybridized carbons (Fsp3) is 0.364. The third-order valence-electron chi connectivity index (χ3n) is 0.667. The molecule has 0 amide bonds. The second-order valence-corrected chi connectivity index (χ2v) is 1.39. The molecular weight excluding hydrogens is 164 g/mol. The van der Waals surface area contributed by atoms with Crippen molar-refractivity contribution >= 4 is 6.29 Å². The molecule has 1 rings (SSSR count). The highest BCUT2D eigenvalue weighted by Crippen LogP contribution is 1.79. The zero-order valence-electron chi connectivity index (χ0n) is 8.90. The van der Waals surface area contributed by atoms with E-state index in [-0.39, 0.29) is 0 Å². The Kier molecular flexibility index (Phi) is 42.1. The number of hydrogen-bond acceptors (Lipinski definition) is 2. The van der Waals surface area contributed by atoms with Gasteiger partial charge in [0.05, 0.1) is 0 Å². The minimum absolute atomic E-state index is 0.750. The second-order valence-electron chi connectivity index (χ2n) is 1.39. The van der Waals surface area contributed by atoms with Crippen LogP contribution in [0.2, 0.25) is 0 Å². The molecule has 0 aromatic heterocycles. The quantitative estimate of drug-likeness (QED) is 0.629. The van der Waals surface area contributed by atoms with Crippen LogP contribution in [-0.4, -0.2) is 18.5 Å². The maximum atomic E-state index is 8.81. The first-order chi connectivity index (χ1) is 6.41. The van der Waals surface area contributed by atoms with Crippen LogP contribution in [0.3, 0.4) is 0 Å². The summed E-state index contributed by atoms with van der Waals surface area (Å²) in [5.74, 6) is 0. The van der Waals surface area contributed by atoms with Gasteiger partial charge in [-0.25, -0.2) is 0 Å². The van der Waals surface area contributed by atoms with E-state index in [4.69, 9.17) is 9.90 Å². The molecule has 2 heteroatoms. The second kappa shape index (κ2) is 30.8. The van der Waals surface area contributed by atoms with Gasteiger partial charge in [-0.05, 0) is 6.92 Å². The first-order valence-corrected chi connectivity index (χ1v) is 4.26. The van der Waals surface area contributed by atoms with Crippen LogP contribution in [0.25, 0.3) is 0 Å². The number of benzene rings is 1. The summed E-state index contributed by atoms with van der Waals surface area (Å²) >= 11 is 0. The van der Waals surface area contributed by atoms with Crippen LogP contribution in [0.1, 0.15) is 20.8 Å². The van der Waals surface area contributed by atoms with Crippen molar-refractivity contribution in [3.05, 3.63) is 36.4 Å². The zero-order valence-corrected chi connectivity index (χ0v) is 8.90. The molecule has 0 saturated carbocycles. The average molecular weight is 184 g/mol. The van der Waals surface area contributed by atoms with Crippen molar-refractivity contribution < 1.29 is 9.90 Å². The molecule has 1 aromatic carbocycles. The Morgan fingerprint density at radius 1 is 0.846 bits per heavy atom. The Hall–Kier alpha value is -1.15. The van der Waals surface area contributed by atoms with E-state index in [0.29, 0.717) is 0 Å². The van der Waals surface area contributed by atoms with Crippen molar-refractivity contribution in [1.82, 2.24) is 0 Å². The van der Waals surface area contributed by atoms with E-state index in [1.807, 2.05) is 50.2 Å². The summed E-state index contributed by atoms with van der Waals surface area (Å²) in [4.78, 5) is 8.81. The molecule has 0 unspecified atom stereocenters. The Labute approximate surface area is 81.2 Å².